The van der Waals surface area contributed by atoms with Crippen molar-refractivity contribution >= 4 is 23.2 Å². The first-order valence-corrected chi connectivity index (χ1v) is 8.89. The van der Waals surface area contributed by atoms with Gasteiger partial charge in [-0.2, -0.15) is 0 Å². The molecule has 0 aliphatic carbocycles. The van der Waals surface area contributed by atoms with Gasteiger partial charge in [-0.1, -0.05) is 17.7 Å². The quantitative estimate of drug-likeness (QED) is 0.550. The van der Waals surface area contributed by atoms with Gasteiger partial charge in [-0.25, -0.2) is 4.98 Å². The van der Waals surface area contributed by atoms with Gasteiger partial charge in [-0.3, -0.25) is 4.79 Å². The second-order valence-corrected chi connectivity index (χ2v) is 6.61. The maximum atomic E-state index is 12.7. The Morgan fingerprint density at radius 1 is 1.26 bits per heavy atom. The number of anilines is 1. The van der Waals surface area contributed by atoms with Crippen LogP contribution in [0.15, 0.2) is 30.5 Å². The fourth-order valence-electron chi connectivity index (χ4n) is 3.45. The molecule has 0 saturated carbocycles. The molecule has 1 fully saturated rings. The number of benzene rings is 1. The van der Waals surface area contributed by atoms with Crippen molar-refractivity contribution in [3.63, 3.8) is 0 Å². The Hall–Kier alpha value is -1.15. The van der Waals surface area contributed by atoms with E-state index >= 15 is 0 Å². The monoisotopic (exact) mass is 398 g/mol. The van der Waals surface area contributed by atoms with E-state index in [0.29, 0.717) is 43.5 Å². The summed E-state index contributed by atoms with van der Waals surface area (Å²) in [6.07, 6.45) is 2.37. The Balaban J connectivity index is 0.00000140. The number of nitrogens with zero attached hydrogens (tertiary/aromatic N) is 2. The van der Waals surface area contributed by atoms with Crippen molar-refractivity contribution in [2.75, 3.05) is 25.2 Å². The molecule has 8 heteroatoms. The SMILES string of the molecule is COc1ccc(C2OCCO2)c2c1N(Cc1ccc(Cl)nc1)C(=O)CC2.[H-].[Na+]. The normalized spacial score (nSPS) is 16.8. The summed E-state index contributed by atoms with van der Waals surface area (Å²) < 4.78 is 16.9. The van der Waals surface area contributed by atoms with E-state index in [1.807, 2.05) is 18.2 Å². The van der Waals surface area contributed by atoms with Crippen LogP contribution in [0.5, 0.6) is 5.75 Å². The third-order valence-electron chi connectivity index (χ3n) is 4.67. The molecule has 0 N–H and O–H groups in total. The fourth-order valence-corrected chi connectivity index (χ4v) is 3.57. The van der Waals surface area contributed by atoms with Crippen molar-refractivity contribution in [1.82, 2.24) is 4.98 Å². The number of methoxy groups -OCH3 is 1. The number of ether oxygens (including phenoxy) is 3. The van der Waals surface area contributed by atoms with Gasteiger partial charge in [-0.05, 0) is 35.7 Å². The van der Waals surface area contributed by atoms with E-state index in [4.69, 9.17) is 25.8 Å². The number of hydrogen-bond acceptors (Lipinski definition) is 5. The zero-order chi connectivity index (χ0) is 18.1. The molecule has 1 aromatic heterocycles. The van der Waals surface area contributed by atoms with Crippen LogP contribution >= 0.6 is 11.6 Å². The maximum absolute atomic E-state index is 12.7. The second kappa shape index (κ2) is 8.90. The van der Waals surface area contributed by atoms with Crippen molar-refractivity contribution in [3.8, 4) is 5.75 Å². The molecular formula is C19H20ClN2NaO4. The Kier molecular flexibility index (Phi) is 6.78. The van der Waals surface area contributed by atoms with Gasteiger partial charge >= 0.3 is 29.6 Å². The maximum Gasteiger partial charge on any atom is 1.00 e. The molecule has 0 atom stereocenters. The van der Waals surface area contributed by atoms with Gasteiger partial charge in [0.15, 0.2) is 6.29 Å². The summed E-state index contributed by atoms with van der Waals surface area (Å²) >= 11 is 5.87. The van der Waals surface area contributed by atoms with Gasteiger partial charge in [0.2, 0.25) is 5.91 Å². The van der Waals surface area contributed by atoms with Gasteiger partial charge in [-0.15, -0.1) is 0 Å². The number of pyridine rings is 1. The molecule has 27 heavy (non-hydrogen) atoms. The Morgan fingerprint density at radius 2 is 2.04 bits per heavy atom. The molecule has 2 aliphatic rings. The fraction of sp³-hybridized carbons (Fsp3) is 0.368. The number of carbonyl (C=O) groups excluding carboxylic acids is 1. The summed E-state index contributed by atoms with van der Waals surface area (Å²) in [7, 11) is 1.61. The number of halogens is 1. The molecule has 0 spiro atoms. The zero-order valence-electron chi connectivity index (χ0n) is 16.4. The van der Waals surface area contributed by atoms with Crippen LogP contribution in [0.4, 0.5) is 5.69 Å². The summed E-state index contributed by atoms with van der Waals surface area (Å²) in [5.74, 6) is 0.716. The predicted molar refractivity (Wildman–Crippen MR) is 97.5 cm³/mol. The number of rotatable bonds is 4. The molecule has 1 amide bonds. The number of amides is 1. The Labute approximate surface area is 186 Å². The molecule has 0 bridgehead atoms. The van der Waals surface area contributed by atoms with Crippen LogP contribution < -0.4 is 39.2 Å². The van der Waals surface area contributed by atoms with Crippen molar-refractivity contribution in [2.45, 2.75) is 25.7 Å². The number of hydrogen-bond donors (Lipinski definition) is 0. The summed E-state index contributed by atoms with van der Waals surface area (Å²) in [6.45, 7) is 1.55. The van der Waals surface area contributed by atoms with Crippen LogP contribution in [0, 0.1) is 0 Å². The summed E-state index contributed by atoms with van der Waals surface area (Å²) in [4.78, 5) is 18.5. The summed E-state index contributed by atoms with van der Waals surface area (Å²) in [5, 5.41) is 0.425. The minimum atomic E-state index is -0.387. The van der Waals surface area contributed by atoms with E-state index in [0.717, 1.165) is 22.4 Å². The topological polar surface area (TPSA) is 60.9 Å². The van der Waals surface area contributed by atoms with Crippen LogP contribution in [-0.4, -0.2) is 31.2 Å². The van der Waals surface area contributed by atoms with E-state index in [1.54, 1.807) is 24.3 Å². The molecule has 1 saturated heterocycles. The molecule has 2 aliphatic heterocycles. The number of carbonyl (C=O) groups is 1. The molecule has 1 aromatic carbocycles. The molecule has 2 aromatic rings. The van der Waals surface area contributed by atoms with Crippen LogP contribution in [0.3, 0.4) is 0 Å². The van der Waals surface area contributed by atoms with E-state index in [1.165, 1.54) is 0 Å². The third kappa shape index (κ3) is 4.16. The minimum Gasteiger partial charge on any atom is -1.00 e. The molecule has 138 valence electrons. The number of aromatic nitrogens is 1. The van der Waals surface area contributed by atoms with Crippen molar-refractivity contribution in [3.05, 3.63) is 52.3 Å². The molecule has 3 heterocycles. The van der Waals surface area contributed by atoms with Gasteiger partial charge < -0.3 is 20.5 Å². The first-order chi connectivity index (χ1) is 12.7. The first kappa shape index (κ1) is 20.6. The van der Waals surface area contributed by atoms with Crippen LogP contribution in [-0.2, 0) is 27.2 Å². The van der Waals surface area contributed by atoms with E-state index in [9.17, 15) is 4.79 Å². The van der Waals surface area contributed by atoms with Crippen LogP contribution in [0.2, 0.25) is 5.15 Å². The second-order valence-electron chi connectivity index (χ2n) is 6.23. The standard InChI is InChI=1S/C19H19ClN2O4.Na.H/c1-24-15-5-3-14(19-25-8-9-26-19)13-4-7-17(23)22(18(13)15)11-12-2-6-16(20)21-10-12;;/h2-3,5-6,10,19H,4,7-9,11H2,1H3;;/q;+1;-1. The third-order valence-corrected chi connectivity index (χ3v) is 4.89. The molecule has 6 nitrogen and oxygen atoms in total. The van der Waals surface area contributed by atoms with E-state index < -0.39 is 0 Å². The van der Waals surface area contributed by atoms with Crippen molar-refractivity contribution in [2.24, 2.45) is 0 Å². The van der Waals surface area contributed by atoms with Gasteiger partial charge in [0.05, 0.1) is 32.6 Å². The average molecular weight is 399 g/mol. The van der Waals surface area contributed by atoms with Crippen molar-refractivity contribution < 1.29 is 50.0 Å². The average Bonchev–Trinajstić information content (AvgIpc) is 3.19. The molecular weight excluding hydrogens is 379 g/mol. The Morgan fingerprint density at radius 3 is 2.70 bits per heavy atom. The first-order valence-electron chi connectivity index (χ1n) is 8.51. The molecule has 0 unspecified atom stereocenters. The number of fused-ring (bicyclic) bond motifs is 1. The predicted octanol–water partition coefficient (Wildman–Crippen LogP) is 0.385. The molecule has 0 radical (unpaired) electrons. The van der Waals surface area contributed by atoms with Crippen molar-refractivity contribution in [1.29, 1.82) is 0 Å². The van der Waals surface area contributed by atoms with Gasteiger partial charge in [0.1, 0.15) is 10.9 Å². The molecule has 4 rings (SSSR count). The largest absolute Gasteiger partial charge is 1.00 e. The van der Waals surface area contributed by atoms with Gasteiger partial charge in [0.25, 0.3) is 0 Å². The zero-order valence-corrected chi connectivity index (χ0v) is 18.2. The Bertz CT molecular complexity index is 831. The minimum absolute atomic E-state index is 0. The summed E-state index contributed by atoms with van der Waals surface area (Å²) in [5.41, 5.74) is 3.69. The van der Waals surface area contributed by atoms with E-state index in [-0.39, 0.29) is 43.2 Å². The van der Waals surface area contributed by atoms with Crippen LogP contribution in [0.25, 0.3) is 0 Å². The summed E-state index contributed by atoms with van der Waals surface area (Å²) in [6, 6.07) is 7.42. The van der Waals surface area contributed by atoms with E-state index in [2.05, 4.69) is 4.98 Å². The van der Waals surface area contributed by atoms with Gasteiger partial charge in [0, 0.05) is 18.2 Å². The van der Waals surface area contributed by atoms with Crippen LogP contribution in [0.1, 0.15) is 30.8 Å². The smallest absolute Gasteiger partial charge is 1.00 e.